The number of nitrogens with zero attached hydrogens (tertiary/aromatic N) is 2. The second-order valence-corrected chi connectivity index (χ2v) is 5.11. The predicted octanol–water partition coefficient (Wildman–Crippen LogP) is 2.41. The Morgan fingerprint density at radius 2 is 1.68 bits per heavy atom. The van der Waals surface area contributed by atoms with Gasteiger partial charge in [0.1, 0.15) is 5.70 Å². The van der Waals surface area contributed by atoms with Crippen molar-refractivity contribution < 1.29 is 23.5 Å². The first-order chi connectivity index (χ1) is 11.9. The maximum atomic E-state index is 13.4. The number of phenolic OH excluding ortho intramolecular Hbond substituents is 1. The van der Waals surface area contributed by atoms with Gasteiger partial charge < -0.3 is 10.4 Å². The number of aromatic hydroxyl groups is 1. The normalized spacial score (nSPS) is 13.6. The molecule has 0 unspecified atom stereocenters. The molecule has 0 radical (unpaired) electrons. The molecule has 1 aliphatic heterocycles. The first-order valence-corrected chi connectivity index (χ1v) is 6.96. The fourth-order valence-corrected chi connectivity index (χ4v) is 2.28. The van der Waals surface area contributed by atoms with Crippen LogP contribution in [-0.2, 0) is 9.59 Å². The van der Waals surface area contributed by atoms with E-state index in [1.165, 1.54) is 24.3 Å². The van der Waals surface area contributed by atoms with E-state index < -0.39 is 29.2 Å². The maximum Gasteiger partial charge on any atom is 0.281 e. The highest BCUT2D eigenvalue weighted by Crippen LogP contribution is 2.27. The van der Waals surface area contributed by atoms with Gasteiger partial charge in [-0.2, -0.15) is 5.26 Å². The van der Waals surface area contributed by atoms with Gasteiger partial charge in [-0.25, -0.2) is 13.7 Å². The van der Waals surface area contributed by atoms with E-state index in [1.54, 1.807) is 0 Å². The molecule has 0 saturated carbocycles. The minimum atomic E-state index is -1.20. The molecule has 0 saturated heterocycles. The Labute approximate surface area is 140 Å². The molecule has 2 aromatic rings. The zero-order valence-corrected chi connectivity index (χ0v) is 12.5. The molecule has 1 aliphatic rings. The number of nitrogens with one attached hydrogen (secondary N) is 1. The standard InChI is InChI=1S/C17H9F2N3O3/c18-12-5-10(6-13(19)16(12)24)21-14-7-15(23)22(17(14)25)11-3-1-9(8-20)2-4-11/h1-7,21,24H. The van der Waals surface area contributed by atoms with Gasteiger partial charge in [0, 0.05) is 23.9 Å². The van der Waals surface area contributed by atoms with Crippen LogP contribution in [0.25, 0.3) is 0 Å². The minimum Gasteiger partial charge on any atom is -0.503 e. The minimum absolute atomic E-state index is 0.137. The molecule has 0 atom stereocenters. The van der Waals surface area contributed by atoms with Crippen LogP contribution in [-0.4, -0.2) is 16.9 Å². The monoisotopic (exact) mass is 341 g/mol. The van der Waals surface area contributed by atoms with E-state index in [0.717, 1.165) is 23.1 Å². The summed E-state index contributed by atoms with van der Waals surface area (Å²) in [6, 6.07) is 9.28. The van der Waals surface area contributed by atoms with E-state index in [4.69, 9.17) is 10.4 Å². The van der Waals surface area contributed by atoms with Crippen molar-refractivity contribution in [2.75, 3.05) is 10.2 Å². The third kappa shape index (κ3) is 2.90. The van der Waals surface area contributed by atoms with Crippen molar-refractivity contribution in [2.24, 2.45) is 0 Å². The topological polar surface area (TPSA) is 93.4 Å². The van der Waals surface area contributed by atoms with Gasteiger partial charge in [-0.1, -0.05) is 0 Å². The van der Waals surface area contributed by atoms with Crippen molar-refractivity contribution in [3.63, 3.8) is 0 Å². The second-order valence-electron chi connectivity index (χ2n) is 5.11. The van der Waals surface area contributed by atoms with Gasteiger partial charge in [-0.3, -0.25) is 9.59 Å². The van der Waals surface area contributed by atoms with Gasteiger partial charge in [0.05, 0.1) is 17.3 Å². The van der Waals surface area contributed by atoms with Crippen LogP contribution in [0.3, 0.4) is 0 Å². The number of hydrogen-bond acceptors (Lipinski definition) is 5. The molecule has 3 rings (SSSR count). The molecule has 124 valence electrons. The number of benzene rings is 2. The molecular formula is C17H9F2N3O3. The fraction of sp³-hybridized carbons (Fsp3) is 0. The summed E-state index contributed by atoms with van der Waals surface area (Å²) < 4.78 is 26.7. The summed E-state index contributed by atoms with van der Waals surface area (Å²) in [7, 11) is 0. The van der Waals surface area contributed by atoms with Crippen LogP contribution in [0.5, 0.6) is 5.75 Å². The van der Waals surface area contributed by atoms with Crippen molar-refractivity contribution >= 4 is 23.2 Å². The van der Waals surface area contributed by atoms with E-state index in [-0.39, 0.29) is 17.1 Å². The van der Waals surface area contributed by atoms with Gasteiger partial charge in [0.25, 0.3) is 11.8 Å². The molecule has 2 aromatic carbocycles. The van der Waals surface area contributed by atoms with Crippen LogP contribution in [0.4, 0.5) is 20.2 Å². The largest absolute Gasteiger partial charge is 0.503 e. The van der Waals surface area contributed by atoms with Crippen LogP contribution in [0.15, 0.2) is 48.2 Å². The van der Waals surface area contributed by atoms with Crippen LogP contribution in [0, 0.1) is 23.0 Å². The number of nitriles is 1. The summed E-state index contributed by atoms with van der Waals surface area (Å²) >= 11 is 0. The lowest BCUT2D eigenvalue weighted by Crippen LogP contribution is -2.31. The second kappa shape index (κ2) is 6.05. The summed E-state index contributed by atoms with van der Waals surface area (Å²) in [4.78, 5) is 25.3. The van der Waals surface area contributed by atoms with Crippen LogP contribution in [0.1, 0.15) is 5.56 Å². The summed E-state index contributed by atoms with van der Waals surface area (Å²) in [5.74, 6) is -4.90. The van der Waals surface area contributed by atoms with Crippen LogP contribution < -0.4 is 10.2 Å². The van der Waals surface area contributed by atoms with E-state index >= 15 is 0 Å². The van der Waals surface area contributed by atoms with E-state index in [0.29, 0.717) is 5.56 Å². The Balaban J connectivity index is 1.85. The number of halogens is 2. The Hall–Kier alpha value is -3.73. The van der Waals surface area contributed by atoms with E-state index in [9.17, 15) is 18.4 Å². The molecule has 2 N–H and O–H groups in total. The Kier molecular flexibility index (Phi) is 3.91. The quantitative estimate of drug-likeness (QED) is 0.660. The molecular weight excluding hydrogens is 332 g/mol. The van der Waals surface area contributed by atoms with Crippen molar-refractivity contribution in [3.8, 4) is 11.8 Å². The number of amides is 2. The Morgan fingerprint density at radius 1 is 1.08 bits per heavy atom. The van der Waals surface area contributed by atoms with Gasteiger partial charge in [-0.15, -0.1) is 0 Å². The van der Waals surface area contributed by atoms with E-state index in [2.05, 4.69) is 5.32 Å². The summed E-state index contributed by atoms with van der Waals surface area (Å²) in [6.07, 6.45) is 0.989. The molecule has 0 aliphatic carbocycles. The lowest BCUT2D eigenvalue weighted by atomic mass is 10.2. The zero-order valence-electron chi connectivity index (χ0n) is 12.5. The highest BCUT2D eigenvalue weighted by molar-refractivity contribution is 6.31. The molecule has 0 fully saturated rings. The number of carbonyl (C=O) groups is 2. The van der Waals surface area contributed by atoms with Gasteiger partial charge >= 0.3 is 0 Å². The van der Waals surface area contributed by atoms with Gasteiger partial charge in [-0.05, 0) is 24.3 Å². The first-order valence-electron chi connectivity index (χ1n) is 6.96. The number of hydrogen-bond donors (Lipinski definition) is 2. The lowest BCUT2D eigenvalue weighted by Gasteiger charge is -2.15. The van der Waals surface area contributed by atoms with E-state index in [1.807, 2.05) is 6.07 Å². The first kappa shape index (κ1) is 16.1. The molecule has 1 heterocycles. The van der Waals surface area contributed by atoms with Crippen molar-refractivity contribution in [1.82, 2.24) is 0 Å². The molecule has 0 aromatic heterocycles. The summed E-state index contributed by atoms with van der Waals surface area (Å²) in [5.41, 5.74) is 0.301. The Morgan fingerprint density at radius 3 is 2.24 bits per heavy atom. The maximum absolute atomic E-state index is 13.4. The smallest absolute Gasteiger partial charge is 0.281 e. The molecule has 25 heavy (non-hydrogen) atoms. The highest BCUT2D eigenvalue weighted by Gasteiger charge is 2.32. The molecule has 2 amide bonds. The summed E-state index contributed by atoms with van der Waals surface area (Å²) in [5, 5.41) is 20.3. The average molecular weight is 341 g/mol. The van der Waals surface area contributed by atoms with Gasteiger partial charge in [0.2, 0.25) is 0 Å². The predicted molar refractivity (Wildman–Crippen MR) is 83.4 cm³/mol. The third-order valence-electron chi connectivity index (χ3n) is 3.47. The lowest BCUT2D eigenvalue weighted by molar-refractivity contribution is -0.120. The fourth-order valence-electron chi connectivity index (χ4n) is 2.28. The van der Waals surface area contributed by atoms with Crippen LogP contribution in [0.2, 0.25) is 0 Å². The average Bonchev–Trinajstić information content (AvgIpc) is 2.86. The molecule has 6 nitrogen and oxygen atoms in total. The number of carbonyl (C=O) groups excluding carboxylic acids is 2. The van der Waals surface area contributed by atoms with Crippen molar-refractivity contribution in [2.45, 2.75) is 0 Å². The van der Waals surface area contributed by atoms with Crippen molar-refractivity contribution in [1.29, 1.82) is 5.26 Å². The molecule has 0 bridgehead atoms. The van der Waals surface area contributed by atoms with Crippen molar-refractivity contribution in [3.05, 3.63) is 65.4 Å². The van der Waals surface area contributed by atoms with Gasteiger partial charge in [0.15, 0.2) is 17.4 Å². The Bertz CT molecular complexity index is 939. The molecule has 0 spiro atoms. The highest BCUT2D eigenvalue weighted by atomic mass is 19.1. The summed E-state index contributed by atoms with van der Waals surface area (Å²) in [6.45, 7) is 0. The third-order valence-corrected chi connectivity index (χ3v) is 3.47. The zero-order chi connectivity index (χ0) is 18.1. The SMILES string of the molecule is N#Cc1ccc(N2C(=O)C=C(Nc3cc(F)c(O)c(F)c3)C2=O)cc1. The number of rotatable bonds is 3. The molecule has 8 heteroatoms. The number of imide groups is 1. The number of phenols is 1. The van der Waals surface area contributed by atoms with Crippen LogP contribution >= 0.6 is 0 Å². The number of anilines is 2.